The number of sulfonamides is 1. The molecule has 0 aliphatic heterocycles. The number of hydrogen-bond acceptors (Lipinski definition) is 3. The van der Waals surface area contributed by atoms with E-state index in [1.807, 2.05) is 38.0 Å². The van der Waals surface area contributed by atoms with Crippen molar-refractivity contribution in [2.45, 2.75) is 4.90 Å². The Morgan fingerprint density at radius 1 is 1.27 bits per heavy atom. The summed E-state index contributed by atoms with van der Waals surface area (Å²) in [6.45, 7) is 0.380. The van der Waals surface area contributed by atoms with Gasteiger partial charge in [0, 0.05) is 34.7 Å². The SMILES string of the molecule is CN(C)C(=NCCNS(=O)(=O)c1ccc(F)cc1Cl)N(C)C. The van der Waals surface area contributed by atoms with Crippen LogP contribution in [0.3, 0.4) is 0 Å². The van der Waals surface area contributed by atoms with Gasteiger partial charge in [-0.25, -0.2) is 17.5 Å². The van der Waals surface area contributed by atoms with Crippen LogP contribution < -0.4 is 4.72 Å². The molecule has 6 nitrogen and oxygen atoms in total. The zero-order chi connectivity index (χ0) is 16.9. The second kappa shape index (κ2) is 7.75. The molecular formula is C13H20ClFN4O2S. The van der Waals surface area contributed by atoms with Gasteiger partial charge in [0.25, 0.3) is 0 Å². The molecule has 0 unspecified atom stereocenters. The van der Waals surface area contributed by atoms with Gasteiger partial charge in [-0.3, -0.25) is 4.99 Å². The van der Waals surface area contributed by atoms with Crippen molar-refractivity contribution in [1.82, 2.24) is 14.5 Å². The lowest BCUT2D eigenvalue weighted by Gasteiger charge is -2.22. The molecule has 0 aromatic heterocycles. The molecule has 0 radical (unpaired) electrons. The summed E-state index contributed by atoms with van der Waals surface area (Å²) in [5, 5.41) is -0.154. The third-order valence-electron chi connectivity index (χ3n) is 2.64. The molecule has 9 heteroatoms. The lowest BCUT2D eigenvalue weighted by molar-refractivity contribution is 0.479. The summed E-state index contributed by atoms with van der Waals surface area (Å²) in [6, 6.07) is 3.15. The van der Waals surface area contributed by atoms with Crippen molar-refractivity contribution in [2.75, 3.05) is 41.3 Å². The van der Waals surface area contributed by atoms with Crippen LogP contribution in [0.1, 0.15) is 0 Å². The van der Waals surface area contributed by atoms with E-state index in [1.165, 1.54) is 0 Å². The summed E-state index contributed by atoms with van der Waals surface area (Å²) in [5.74, 6) is 0.133. The highest BCUT2D eigenvalue weighted by molar-refractivity contribution is 7.89. The highest BCUT2D eigenvalue weighted by Gasteiger charge is 2.17. The van der Waals surface area contributed by atoms with E-state index in [4.69, 9.17) is 11.6 Å². The quantitative estimate of drug-likeness (QED) is 0.493. The van der Waals surface area contributed by atoms with Crippen molar-refractivity contribution in [3.63, 3.8) is 0 Å². The molecule has 1 aromatic rings. The van der Waals surface area contributed by atoms with Gasteiger partial charge >= 0.3 is 0 Å². The van der Waals surface area contributed by atoms with E-state index in [0.717, 1.165) is 24.2 Å². The van der Waals surface area contributed by atoms with Crippen LogP contribution in [0.5, 0.6) is 0 Å². The molecule has 1 rings (SSSR count). The first kappa shape index (κ1) is 18.7. The van der Waals surface area contributed by atoms with Crippen molar-refractivity contribution in [3.8, 4) is 0 Å². The molecule has 0 heterocycles. The molecule has 0 fully saturated rings. The number of rotatable bonds is 5. The van der Waals surface area contributed by atoms with Gasteiger partial charge < -0.3 is 9.80 Å². The van der Waals surface area contributed by atoms with Gasteiger partial charge in [0.2, 0.25) is 10.0 Å². The lowest BCUT2D eigenvalue weighted by Crippen LogP contribution is -2.36. The van der Waals surface area contributed by atoms with Gasteiger partial charge in [0.1, 0.15) is 10.7 Å². The minimum absolute atomic E-state index is 0.112. The van der Waals surface area contributed by atoms with Crippen LogP contribution >= 0.6 is 11.6 Å². The highest BCUT2D eigenvalue weighted by atomic mass is 35.5. The topological polar surface area (TPSA) is 65.0 Å². The average Bonchev–Trinajstić information content (AvgIpc) is 2.36. The molecule has 0 aliphatic carbocycles. The first-order chi connectivity index (χ1) is 10.1. The Labute approximate surface area is 135 Å². The zero-order valence-corrected chi connectivity index (χ0v) is 14.5. The monoisotopic (exact) mass is 350 g/mol. The molecule has 0 saturated heterocycles. The molecular weight excluding hydrogens is 331 g/mol. The number of aliphatic imine (C=N–C) groups is 1. The van der Waals surface area contributed by atoms with Crippen LogP contribution in [-0.2, 0) is 10.0 Å². The second-order valence-corrected chi connectivity index (χ2v) is 7.09. The maximum Gasteiger partial charge on any atom is 0.242 e. The Hall–Kier alpha value is -1.38. The molecule has 0 bridgehead atoms. The van der Waals surface area contributed by atoms with Crippen LogP contribution in [0, 0.1) is 5.82 Å². The summed E-state index contributed by atoms with van der Waals surface area (Å²) >= 11 is 5.76. The fourth-order valence-corrected chi connectivity index (χ4v) is 3.34. The number of nitrogens with zero attached hydrogens (tertiary/aromatic N) is 3. The number of nitrogens with one attached hydrogen (secondary N) is 1. The third kappa shape index (κ3) is 5.11. The maximum atomic E-state index is 13.0. The fraction of sp³-hybridized carbons (Fsp3) is 0.462. The number of benzene rings is 1. The van der Waals surface area contributed by atoms with Crippen LogP contribution in [0.25, 0.3) is 0 Å². The summed E-state index contributed by atoms with van der Waals surface area (Å²) in [7, 11) is 3.60. The summed E-state index contributed by atoms with van der Waals surface area (Å²) in [6.07, 6.45) is 0. The molecule has 0 atom stereocenters. The van der Waals surface area contributed by atoms with Gasteiger partial charge in [-0.05, 0) is 18.2 Å². The van der Waals surface area contributed by atoms with Crippen LogP contribution in [0.4, 0.5) is 4.39 Å². The zero-order valence-electron chi connectivity index (χ0n) is 13.0. The molecule has 0 spiro atoms. The van der Waals surface area contributed by atoms with Crippen LogP contribution in [0.15, 0.2) is 28.1 Å². The minimum Gasteiger partial charge on any atom is -0.349 e. The van der Waals surface area contributed by atoms with E-state index in [9.17, 15) is 12.8 Å². The fourth-order valence-electron chi connectivity index (χ4n) is 1.79. The number of halogens is 2. The Bertz CT molecular complexity index is 637. The van der Waals surface area contributed by atoms with E-state index >= 15 is 0 Å². The number of guanidine groups is 1. The van der Waals surface area contributed by atoms with Gasteiger partial charge in [-0.1, -0.05) is 11.6 Å². The number of hydrogen-bond donors (Lipinski definition) is 1. The molecule has 0 aliphatic rings. The molecule has 124 valence electrons. The normalized spacial score (nSPS) is 11.2. The summed E-state index contributed by atoms with van der Waals surface area (Å²) < 4.78 is 39.5. The van der Waals surface area contributed by atoms with Crippen molar-refractivity contribution < 1.29 is 12.8 Å². The first-order valence-corrected chi connectivity index (χ1v) is 8.35. The van der Waals surface area contributed by atoms with Crippen molar-refractivity contribution in [2.24, 2.45) is 4.99 Å². The molecule has 22 heavy (non-hydrogen) atoms. The van der Waals surface area contributed by atoms with Crippen LogP contribution in [-0.4, -0.2) is 65.5 Å². The van der Waals surface area contributed by atoms with E-state index in [1.54, 1.807) is 0 Å². The summed E-state index contributed by atoms with van der Waals surface area (Å²) in [4.78, 5) is 7.80. The van der Waals surface area contributed by atoms with Crippen LogP contribution in [0.2, 0.25) is 5.02 Å². The maximum absolute atomic E-state index is 13.0. The standard InChI is InChI=1S/C13H20ClFN4O2S/c1-18(2)13(19(3)4)16-7-8-17-22(20,21)12-6-5-10(15)9-11(12)14/h5-6,9,17H,7-8H2,1-4H3. The second-order valence-electron chi connectivity index (χ2n) is 4.94. The van der Waals surface area contributed by atoms with E-state index < -0.39 is 15.8 Å². The van der Waals surface area contributed by atoms with Gasteiger partial charge in [-0.2, -0.15) is 0 Å². The molecule has 1 aromatic carbocycles. The first-order valence-electron chi connectivity index (χ1n) is 6.49. The minimum atomic E-state index is -3.79. The average molecular weight is 351 g/mol. The van der Waals surface area contributed by atoms with Gasteiger partial charge in [-0.15, -0.1) is 0 Å². The Morgan fingerprint density at radius 2 is 1.86 bits per heavy atom. The van der Waals surface area contributed by atoms with E-state index in [-0.39, 0.29) is 23.0 Å². The Balaban J connectivity index is 2.73. The summed E-state index contributed by atoms with van der Waals surface area (Å²) in [5.41, 5.74) is 0. The lowest BCUT2D eigenvalue weighted by atomic mass is 10.3. The third-order valence-corrected chi connectivity index (χ3v) is 4.58. The van der Waals surface area contributed by atoms with Gasteiger partial charge in [0.15, 0.2) is 5.96 Å². The Morgan fingerprint density at radius 3 is 2.36 bits per heavy atom. The van der Waals surface area contributed by atoms with E-state index in [0.29, 0.717) is 0 Å². The largest absolute Gasteiger partial charge is 0.349 e. The highest BCUT2D eigenvalue weighted by Crippen LogP contribution is 2.21. The molecule has 0 saturated carbocycles. The van der Waals surface area contributed by atoms with Crippen molar-refractivity contribution >= 4 is 27.6 Å². The predicted octanol–water partition coefficient (Wildman–Crippen LogP) is 1.24. The van der Waals surface area contributed by atoms with E-state index in [2.05, 4.69) is 9.71 Å². The van der Waals surface area contributed by atoms with Crippen molar-refractivity contribution in [1.29, 1.82) is 0 Å². The Kier molecular flexibility index (Phi) is 6.58. The molecule has 1 N–H and O–H groups in total. The smallest absolute Gasteiger partial charge is 0.242 e. The predicted molar refractivity (Wildman–Crippen MR) is 86.3 cm³/mol. The van der Waals surface area contributed by atoms with Gasteiger partial charge in [0.05, 0.1) is 11.6 Å². The van der Waals surface area contributed by atoms with Crippen molar-refractivity contribution in [3.05, 3.63) is 29.0 Å². The molecule has 0 amide bonds.